The summed E-state index contributed by atoms with van der Waals surface area (Å²) in [5.41, 5.74) is 5.50. The van der Waals surface area contributed by atoms with Gasteiger partial charge in [-0.05, 0) is 56.0 Å². The van der Waals surface area contributed by atoms with Crippen LogP contribution in [0.3, 0.4) is 0 Å². The molecule has 0 unspecified atom stereocenters. The highest BCUT2D eigenvalue weighted by atomic mass is 16.5. The van der Waals surface area contributed by atoms with Crippen LogP contribution in [-0.4, -0.2) is 30.5 Å². The summed E-state index contributed by atoms with van der Waals surface area (Å²) in [4.78, 5) is 0. The monoisotopic (exact) mass is 363 g/mol. The molecule has 27 heavy (non-hydrogen) atoms. The number of fused-ring (bicyclic) bond motifs is 1. The number of aryl methyl sites for hydroxylation is 1. The number of benzene rings is 2. The second-order valence-electron chi connectivity index (χ2n) is 6.88. The highest BCUT2D eigenvalue weighted by Crippen LogP contribution is 2.39. The number of aromatic nitrogens is 2. The molecule has 0 spiro atoms. The van der Waals surface area contributed by atoms with E-state index in [0.29, 0.717) is 0 Å². The largest absolute Gasteiger partial charge is 0.497 e. The van der Waals surface area contributed by atoms with Crippen molar-refractivity contribution >= 4 is 5.82 Å². The zero-order valence-corrected chi connectivity index (χ0v) is 16.1. The van der Waals surface area contributed by atoms with Crippen LogP contribution >= 0.6 is 0 Å². The fourth-order valence-electron chi connectivity index (χ4n) is 3.66. The Hall–Kier alpha value is -2.95. The number of nitrogens with one attached hydrogen (secondary N) is 1. The van der Waals surface area contributed by atoms with E-state index in [0.717, 1.165) is 60.1 Å². The molecule has 1 aromatic heterocycles. The molecular weight excluding hydrogens is 338 g/mol. The van der Waals surface area contributed by atoms with Crippen molar-refractivity contribution in [1.29, 1.82) is 0 Å². The van der Waals surface area contributed by atoms with Crippen LogP contribution in [0.5, 0.6) is 11.5 Å². The molecule has 2 heterocycles. The van der Waals surface area contributed by atoms with Crippen LogP contribution in [0.1, 0.15) is 24.0 Å². The van der Waals surface area contributed by atoms with Gasteiger partial charge in [-0.2, -0.15) is 5.10 Å². The first-order valence-electron chi connectivity index (χ1n) is 9.36. The third-order valence-corrected chi connectivity index (χ3v) is 5.04. The first kappa shape index (κ1) is 17.5. The van der Waals surface area contributed by atoms with Gasteiger partial charge in [-0.1, -0.05) is 12.1 Å². The summed E-state index contributed by atoms with van der Waals surface area (Å²) < 4.78 is 13.0. The lowest BCUT2D eigenvalue weighted by atomic mass is 10.0. The van der Waals surface area contributed by atoms with Gasteiger partial charge in [-0.25, -0.2) is 4.68 Å². The van der Waals surface area contributed by atoms with E-state index in [2.05, 4.69) is 36.5 Å². The maximum atomic E-state index is 5.65. The molecule has 0 amide bonds. The number of methoxy groups -OCH3 is 2. The molecule has 0 radical (unpaired) electrons. The van der Waals surface area contributed by atoms with Crippen molar-refractivity contribution in [2.24, 2.45) is 0 Å². The van der Waals surface area contributed by atoms with Gasteiger partial charge in [-0.3, -0.25) is 0 Å². The van der Waals surface area contributed by atoms with E-state index in [-0.39, 0.29) is 0 Å². The normalized spacial score (nSPS) is 13.4. The Morgan fingerprint density at radius 3 is 2.70 bits per heavy atom. The summed E-state index contributed by atoms with van der Waals surface area (Å²) in [6, 6.07) is 14.3. The van der Waals surface area contributed by atoms with Crippen LogP contribution in [0.2, 0.25) is 0 Å². The second-order valence-corrected chi connectivity index (χ2v) is 6.88. The summed E-state index contributed by atoms with van der Waals surface area (Å²) in [5, 5.41) is 8.61. The highest BCUT2D eigenvalue weighted by Gasteiger charge is 2.23. The van der Waals surface area contributed by atoms with Crippen LogP contribution in [0.15, 0.2) is 42.5 Å². The summed E-state index contributed by atoms with van der Waals surface area (Å²) in [5.74, 6) is 2.64. The predicted molar refractivity (Wildman–Crippen MR) is 108 cm³/mol. The lowest BCUT2D eigenvalue weighted by molar-refractivity contribution is 0.395. The Morgan fingerprint density at radius 1 is 1.04 bits per heavy atom. The zero-order valence-electron chi connectivity index (χ0n) is 16.1. The molecule has 4 rings (SSSR count). The van der Waals surface area contributed by atoms with Gasteiger partial charge in [0.1, 0.15) is 23.0 Å². The maximum absolute atomic E-state index is 5.65. The molecule has 3 aromatic rings. The summed E-state index contributed by atoms with van der Waals surface area (Å²) in [7, 11) is 3.35. The van der Waals surface area contributed by atoms with Crippen molar-refractivity contribution in [2.45, 2.75) is 26.2 Å². The Morgan fingerprint density at radius 2 is 1.93 bits per heavy atom. The quantitative estimate of drug-likeness (QED) is 0.735. The average molecular weight is 363 g/mol. The van der Waals surface area contributed by atoms with Gasteiger partial charge >= 0.3 is 0 Å². The third-order valence-electron chi connectivity index (χ3n) is 5.04. The lowest BCUT2D eigenvalue weighted by Crippen LogP contribution is -2.07. The number of rotatable bonds is 4. The van der Waals surface area contributed by atoms with E-state index in [1.807, 2.05) is 22.9 Å². The molecule has 2 aromatic carbocycles. The van der Waals surface area contributed by atoms with E-state index in [9.17, 15) is 0 Å². The fraction of sp³-hybridized carbons (Fsp3) is 0.318. The molecule has 1 aliphatic rings. The SMILES string of the molecule is COc1ccc(-c2nn(-c3cccc(C)c3)c3c2CCCCN3)c(OC)c1. The minimum Gasteiger partial charge on any atom is -0.497 e. The number of anilines is 1. The van der Waals surface area contributed by atoms with Gasteiger partial charge in [0.05, 0.1) is 19.9 Å². The first-order chi connectivity index (χ1) is 13.2. The molecule has 0 aliphatic carbocycles. The maximum Gasteiger partial charge on any atom is 0.133 e. The number of hydrogen-bond donors (Lipinski definition) is 1. The van der Waals surface area contributed by atoms with Gasteiger partial charge in [0.15, 0.2) is 0 Å². The summed E-state index contributed by atoms with van der Waals surface area (Å²) in [6.45, 7) is 3.07. The summed E-state index contributed by atoms with van der Waals surface area (Å²) >= 11 is 0. The van der Waals surface area contributed by atoms with E-state index >= 15 is 0 Å². The molecule has 5 nitrogen and oxygen atoms in total. The van der Waals surface area contributed by atoms with Crippen LogP contribution in [0, 0.1) is 6.92 Å². The fourth-order valence-corrected chi connectivity index (χ4v) is 3.66. The Kier molecular flexibility index (Phi) is 4.75. The van der Waals surface area contributed by atoms with Crippen LogP contribution < -0.4 is 14.8 Å². The van der Waals surface area contributed by atoms with Crippen molar-refractivity contribution in [3.05, 3.63) is 53.6 Å². The van der Waals surface area contributed by atoms with Crippen LogP contribution in [-0.2, 0) is 6.42 Å². The van der Waals surface area contributed by atoms with Crippen LogP contribution in [0.25, 0.3) is 16.9 Å². The molecule has 5 heteroatoms. The van der Waals surface area contributed by atoms with E-state index in [1.54, 1.807) is 14.2 Å². The van der Waals surface area contributed by atoms with Gasteiger partial charge in [0, 0.05) is 23.7 Å². The molecule has 140 valence electrons. The number of hydrogen-bond acceptors (Lipinski definition) is 4. The first-order valence-corrected chi connectivity index (χ1v) is 9.36. The van der Waals surface area contributed by atoms with Crippen LogP contribution in [0.4, 0.5) is 5.82 Å². The lowest BCUT2D eigenvalue weighted by Gasteiger charge is -2.10. The van der Waals surface area contributed by atoms with Crippen molar-refractivity contribution < 1.29 is 9.47 Å². The number of nitrogens with zero attached hydrogens (tertiary/aromatic N) is 2. The average Bonchev–Trinajstić information content (AvgIpc) is 2.88. The Balaban J connectivity index is 1.92. The Bertz CT molecular complexity index is 962. The molecule has 1 aliphatic heterocycles. The van der Waals surface area contributed by atoms with E-state index in [1.165, 1.54) is 11.1 Å². The van der Waals surface area contributed by atoms with Crippen molar-refractivity contribution in [1.82, 2.24) is 9.78 Å². The van der Waals surface area contributed by atoms with Crippen molar-refractivity contribution in [2.75, 3.05) is 26.1 Å². The molecule has 0 bridgehead atoms. The summed E-state index contributed by atoms with van der Waals surface area (Å²) in [6.07, 6.45) is 3.30. The molecule has 0 saturated heterocycles. The standard InChI is InChI=1S/C22H25N3O2/c1-15-7-6-8-16(13-15)25-22-19(9-4-5-12-23-22)21(24-25)18-11-10-17(26-2)14-20(18)27-3/h6-8,10-11,13-14,23H,4-5,9,12H2,1-3H3. The van der Waals surface area contributed by atoms with Gasteiger partial charge < -0.3 is 14.8 Å². The molecule has 0 atom stereocenters. The van der Waals surface area contributed by atoms with E-state index < -0.39 is 0 Å². The highest BCUT2D eigenvalue weighted by molar-refractivity contribution is 5.76. The molecule has 1 N–H and O–H groups in total. The Labute approximate surface area is 159 Å². The molecular formula is C22H25N3O2. The topological polar surface area (TPSA) is 48.3 Å². The smallest absolute Gasteiger partial charge is 0.133 e. The molecule has 0 fully saturated rings. The minimum absolute atomic E-state index is 0.773. The van der Waals surface area contributed by atoms with Crippen molar-refractivity contribution in [3.63, 3.8) is 0 Å². The second kappa shape index (κ2) is 7.35. The van der Waals surface area contributed by atoms with E-state index in [4.69, 9.17) is 14.6 Å². The predicted octanol–water partition coefficient (Wildman–Crippen LogP) is 4.61. The molecule has 0 saturated carbocycles. The van der Waals surface area contributed by atoms with Crippen molar-refractivity contribution in [3.8, 4) is 28.4 Å². The van der Waals surface area contributed by atoms with Gasteiger partial charge in [-0.15, -0.1) is 0 Å². The zero-order chi connectivity index (χ0) is 18.8. The number of ether oxygens (including phenoxy) is 2. The van der Waals surface area contributed by atoms with Gasteiger partial charge in [0.2, 0.25) is 0 Å². The van der Waals surface area contributed by atoms with Gasteiger partial charge in [0.25, 0.3) is 0 Å². The minimum atomic E-state index is 0.773. The third kappa shape index (κ3) is 3.25.